The molecule has 4 rings (SSSR count). The van der Waals surface area contributed by atoms with Crippen LogP contribution in [0.25, 0.3) is 0 Å². The number of hydrogen-bond acceptors (Lipinski definition) is 5. The molecule has 2 aliphatic rings. The summed E-state index contributed by atoms with van der Waals surface area (Å²) >= 11 is 0. The molecule has 1 amide bonds. The Labute approximate surface area is 170 Å². The summed E-state index contributed by atoms with van der Waals surface area (Å²) in [6.45, 7) is 3.04. The number of amides is 1. The van der Waals surface area contributed by atoms with Crippen LogP contribution in [0.3, 0.4) is 0 Å². The number of hydrogen-bond donors (Lipinski definition) is 0. The van der Waals surface area contributed by atoms with E-state index in [1.807, 2.05) is 24.3 Å². The molecule has 0 bridgehead atoms. The Hall–Kier alpha value is -2.74. The van der Waals surface area contributed by atoms with Gasteiger partial charge >= 0.3 is 0 Å². The van der Waals surface area contributed by atoms with Crippen molar-refractivity contribution in [2.75, 3.05) is 35.2 Å². The van der Waals surface area contributed by atoms with Crippen molar-refractivity contribution in [2.24, 2.45) is 0 Å². The van der Waals surface area contributed by atoms with Crippen LogP contribution < -0.4 is 18.7 Å². The maximum atomic E-state index is 13.4. The number of para-hydroxylation sites is 1. The molecule has 1 atom stereocenters. The molecule has 0 unspecified atom stereocenters. The molecular formula is C21H24N2O5S. The quantitative estimate of drug-likeness (QED) is 0.766. The zero-order valence-corrected chi connectivity index (χ0v) is 17.3. The number of carbonyl (C=O) groups is 1. The first-order valence-electron chi connectivity index (χ1n) is 9.64. The van der Waals surface area contributed by atoms with Crippen molar-refractivity contribution < 1.29 is 22.7 Å². The van der Waals surface area contributed by atoms with E-state index >= 15 is 0 Å². The monoisotopic (exact) mass is 416 g/mol. The molecule has 0 saturated carbocycles. The van der Waals surface area contributed by atoms with Gasteiger partial charge in [-0.05, 0) is 43.5 Å². The fraction of sp³-hybridized carbons (Fsp3) is 0.381. The Morgan fingerprint density at radius 1 is 1.10 bits per heavy atom. The van der Waals surface area contributed by atoms with Crippen LogP contribution in [0.5, 0.6) is 11.5 Å². The standard InChI is InChI=1S/C21H24N2O5S/c1-15(21(24)22-11-5-7-16-6-3-4-8-18(16)22)23(29(2,25)26)17-9-10-19-20(14-17)28-13-12-27-19/h3-4,6,8-10,14-15H,5,7,11-13H2,1-2H3/t15-/m0/s1. The molecule has 2 heterocycles. The predicted molar refractivity (Wildman–Crippen MR) is 111 cm³/mol. The van der Waals surface area contributed by atoms with Gasteiger partial charge in [0.2, 0.25) is 10.0 Å². The average molecular weight is 416 g/mol. The van der Waals surface area contributed by atoms with Crippen LogP contribution in [0.1, 0.15) is 18.9 Å². The molecule has 2 aliphatic heterocycles. The minimum absolute atomic E-state index is 0.252. The minimum Gasteiger partial charge on any atom is -0.486 e. The van der Waals surface area contributed by atoms with Crippen molar-refractivity contribution in [3.05, 3.63) is 48.0 Å². The van der Waals surface area contributed by atoms with Crippen molar-refractivity contribution >= 4 is 27.3 Å². The van der Waals surface area contributed by atoms with E-state index in [4.69, 9.17) is 9.47 Å². The van der Waals surface area contributed by atoms with Gasteiger partial charge in [0, 0.05) is 18.3 Å². The molecule has 8 heteroatoms. The zero-order valence-electron chi connectivity index (χ0n) is 16.5. The van der Waals surface area contributed by atoms with Gasteiger partial charge in [-0.2, -0.15) is 0 Å². The summed E-state index contributed by atoms with van der Waals surface area (Å²) in [6.07, 6.45) is 2.86. The number of rotatable bonds is 4. The molecule has 0 fully saturated rings. The molecule has 7 nitrogen and oxygen atoms in total. The number of sulfonamides is 1. The van der Waals surface area contributed by atoms with Crippen LogP contribution in [0.15, 0.2) is 42.5 Å². The Bertz CT molecular complexity index is 1040. The third-order valence-corrected chi connectivity index (χ3v) is 6.46. The van der Waals surface area contributed by atoms with Crippen molar-refractivity contribution in [3.8, 4) is 11.5 Å². The van der Waals surface area contributed by atoms with Gasteiger partial charge in [-0.25, -0.2) is 8.42 Å². The molecule has 2 aromatic carbocycles. The SMILES string of the molecule is C[C@@H](C(=O)N1CCCc2ccccc21)N(c1ccc2c(c1)OCCO2)S(C)(=O)=O. The smallest absolute Gasteiger partial charge is 0.250 e. The second-order valence-electron chi connectivity index (χ2n) is 7.28. The van der Waals surface area contributed by atoms with E-state index in [-0.39, 0.29) is 5.91 Å². The van der Waals surface area contributed by atoms with Crippen molar-refractivity contribution in [1.82, 2.24) is 0 Å². The number of aryl methyl sites for hydroxylation is 1. The molecule has 0 radical (unpaired) electrons. The van der Waals surface area contributed by atoms with Gasteiger partial charge < -0.3 is 14.4 Å². The Morgan fingerprint density at radius 2 is 1.83 bits per heavy atom. The number of carbonyl (C=O) groups excluding carboxylic acids is 1. The topological polar surface area (TPSA) is 76.2 Å². The summed E-state index contributed by atoms with van der Waals surface area (Å²) < 4.78 is 37.6. The molecule has 0 saturated heterocycles. The van der Waals surface area contributed by atoms with E-state index in [2.05, 4.69) is 0 Å². The molecule has 0 N–H and O–H groups in total. The van der Waals surface area contributed by atoms with E-state index in [0.717, 1.165) is 34.7 Å². The predicted octanol–water partition coefficient (Wildman–Crippen LogP) is 2.59. The highest BCUT2D eigenvalue weighted by atomic mass is 32.2. The first-order valence-corrected chi connectivity index (χ1v) is 11.5. The Morgan fingerprint density at radius 3 is 2.59 bits per heavy atom. The number of fused-ring (bicyclic) bond motifs is 2. The van der Waals surface area contributed by atoms with Crippen molar-refractivity contribution in [2.45, 2.75) is 25.8 Å². The highest BCUT2D eigenvalue weighted by molar-refractivity contribution is 7.92. The van der Waals surface area contributed by atoms with Gasteiger partial charge in [0.05, 0.1) is 11.9 Å². The van der Waals surface area contributed by atoms with Gasteiger partial charge in [0.15, 0.2) is 11.5 Å². The molecule has 2 aromatic rings. The first kappa shape index (κ1) is 19.6. The Kier molecular flexibility index (Phi) is 5.12. The van der Waals surface area contributed by atoms with Gasteiger partial charge in [-0.1, -0.05) is 18.2 Å². The summed E-state index contributed by atoms with van der Waals surface area (Å²) in [7, 11) is -3.72. The third-order valence-electron chi connectivity index (χ3n) is 5.22. The largest absolute Gasteiger partial charge is 0.486 e. The highest BCUT2D eigenvalue weighted by Gasteiger charge is 2.34. The zero-order chi connectivity index (χ0) is 20.6. The summed E-state index contributed by atoms with van der Waals surface area (Å²) in [6, 6.07) is 11.8. The highest BCUT2D eigenvalue weighted by Crippen LogP contribution is 2.36. The van der Waals surface area contributed by atoms with Crippen LogP contribution in [0, 0.1) is 0 Å². The van der Waals surface area contributed by atoms with Crippen molar-refractivity contribution in [3.63, 3.8) is 0 Å². The fourth-order valence-electron chi connectivity index (χ4n) is 3.96. The normalized spacial score (nSPS) is 16.7. The Balaban J connectivity index is 1.69. The maximum absolute atomic E-state index is 13.4. The van der Waals surface area contributed by atoms with Gasteiger partial charge in [-0.3, -0.25) is 9.10 Å². The summed E-state index contributed by atoms with van der Waals surface area (Å²) in [4.78, 5) is 15.1. The van der Waals surface area contributed by atoms with Crippen LogP contribution in [0.2, 0.25) is 0 Å². The van der Waals surface area contributed by atoms with Gasteiger partial charge in [-0.15, -0.1) is 0 Å². The van der Waals surface area contributed by atoms with Crippen LogP contribution in [-0.2, 0) is 21.2 Å². The number of nitrogens with zero attached hydrogens (tertiary/aromatic N) is 2. The number of benzene rings is 2. The van der Waals surface area contributed by atoms with Crippen LogP contribution >= 0.6 is 0 Å². The van der Waals surface area contributed by atoms with Crippen molar-refractivity contribution in [1.29, 1.82) is 0 Å². The van der Waals surface area contributed by atoms with Crippen LogP contribution in [0.4, 0.5) is 11.4 Å². The second kappa shape index (κ2) is 7.59. The van der Waals surface area contributed by atoms with Gasteiger partial charge in [0.1, 0.15) is 19.3 Å². The third kappa shape index (κ3) is 3.76. The lowest BCUT2D eigenvalue weighted by Gasteiger charge is -2.35. The summed E-state index contributed by atoms with van der Waals surface area (Å²) in [5, 5.41) is 0. The van der Waals surface area contributed by atoms with Crippen LogP contribution in [-0.4, -0.2) is 46.4 Å². The molecule has 0 aliphatic carbocycles. The lowest BCUT2D eigenvalue weighted by atomic mass is 10.0. The first-order chi connectivity index (χ1) is 13.9. The van der Waals surface area contributed by atoms with E-state index in [9.17, 15) is 13.2 Å². The maximum Gasteiger partial charge on any atom is 0.250 e. The van der Waals surface area contributed by atoms with Gasteiger partial charge in [0.25, 0.3) is 5.91 Å². The van der Waals surface area contributed by atoms with E-state index < -0.39 is 16.1 Å². The summed E-state index contributed by atoms with van der Waals surface area (Å²) in [5.74, 6) is 0.792. The number of anilines is 2. The molecule has 29 heavy (non-hydrogen) atoms. The second-order valence-corrected chi connectivity index (χ2v) is 9.14. The van der Waals surface area contributed by atoms with E-state index in [1.165, 1.54) is 0 Å². The average Bonchev–Trinajstić information content (AvgIpc) is 2.71. The minimum atomic E-state index is -3.72. The molecule has 0 spiro atoms. The summed E-state index contributed by atoms with van der Waals surface area (Å²) in [5.41, 5.74) is 2.33. The van der Waals surface area contributed by atoms with E-state index in [0.29, 0.717) is 36.9 Å². The lowest BCUT2D eigenvalue weighted by Crippen LogP contribution is -2.50. The molecule has 0 aromatic heterocycles. The fourth-order valence-corrected chi connectivity index (χ4v) is 5.12. The number of ether oxygens (including phenoxy) is 2. The molecule has 154 valence electrons. The lowest BCUT2D eigenvalue weighted by molar-refractivity contribution is -0.119. The van der Waals surface area contributed by atoms with E-state index in [1.54, 1.807) is 30.0 Å². The molecular weight excluding hydrogens is 392 g/mol.